The Hall–Kier alpha value is -1.62. The number of rotatable bonds is 5. The van der Waals surface area contributed by atoms with Crippen LogP contribution in [0.2, 0.25) is 0 Å². The van der Waals surface area contributed by atoms with Gasteiger partial charge in [0.25, 0.3) is 5.91 Å². The van der Waals surface area contributed by atoms with E-state index in [9.17, 15) is 4.79 Å². The fourth-order valence-electron chi connectivity index (χ4n) is 2.01. The monoisotopic (exact) mass is 335 g/mol. The predicted molar refractivity (Wildman–Crippen MR) is 82.8 cm³/mol. The van der Waals surface area contributed by atoms with Crippen LogP contribution in [0.5, 0.6) is 0 Å². The molecule has 0 atom stereocenters. The molecule has 106 valence electrons. The number of hydrogen-bond acceptors (Lipinski definition) is 2. The Labute approximate surface area is 127 Å². The van der Waals surface area contributed by atoms with E-state index in [0.717, 1.165) is 23.0 Å². The molecular formula is C15H18BrN3O. The molecule has 0 spiro atoms. The lowest BCUT2D eigenvalue weighted by Gasteiger charge is -2.05. The van der Waals surface area contributed by atoms with Crippen LogP contribution in [0.15, 0.2) is 30.5 Å². The normalized spacial score (nSPS) is 10.6. The minimum Gasteiger partial charge on any atom is -0.348 e. The number of amides is 1. The molecule has 2 rings (SSSR count). The van der Waals surface area contributed by atoms with Crippen molar-refractivity contribution in [3.8, 4) is 0 Å². The van der Waals surface area contributed by atoms with E-state index >= 15 is 0 Å². The van der Waals surface area contributed by atoms with Crippen LogP contribution in [0, 0.1) is 0 Å². The molecule has 0 unspecified atom stereocenters. The van der Waals surface area contributed by atoms with E-state index in [-0.39, 0.29) is 5.91 Å². The number of carbonyl (C=O) groups excluding carboxylic acids is 1. The molecule has 0 aliphatic heterocycles. The molecule has 0 radical (unpaired) electrons. The van der Waals surface area contributed by atoms with Gasteiger partial charge in [-0.3, -0.25) is 9.48 Å². The van der Waals surface area contributed by atoms with Crippen molar-refractivity contribution < 1.29 is 4.79 Å². The molecule has 1 aromatic heterocycles. The molecule has 0 saturated heterocycles. The zero-order chi connectivity index (χ0) is 14.5. The standard InChI is InChI=1S/C15H18BrN3O/c1-3-14-13(10-19(2)18-14)15(20)17-9-12-6-4-11(8-16)5-7-12/h4-7,10H,3,8-9H2,1-2H3,(H,17,20). The van der Waals surface area contributed by atoms with Crippen LogP contribution in [0.1, 0.15) is 34.1 Å². The Bertz CT molecular complexity index is 590. The molecule has 2 aromatic rings. The molecule has 0 bridgehead atoms. The molecule has 1 amide bonds. The fourth-order valence-corrected chi connectivity index (χ4v) is 2.38. The first kappa shape index (κ1) is 14.8. The minimum absolute atomic E-state index is 0.0699. The van der Waals surface area contributed by atoms with E-state index in [4.69, 9.17) is 0 Å². The Morgan fingerprint density at radius 1 is 1.30 bits per heavy atom. The number of carbonyl (C=O) groups is 1. The number of alkyl halides is 1. The predicted octanol–water partition coefficient (Wildman–Crippen LogP) is 2.81. The van der Waals surface area contributed by atoms with E-state index in [2.05, 4.69) is 38.5 Å². The zero-order valence-corrected chi connectivity index (χ0v) is 13.3. The maximum absolute atomic E-state index is 12.2. The third kappa shape index (κ3) is 3.48. The van der Waals surface area contributed by atoms with Crippen LogP contribution in [-0.2, 0) is 25.3 Å². The van der Waals surface area contributed by atoms with E-state index in [1.165, 1.54) is 5.56 Å². The van der Waals surface area contributed by atoms with Gasteiger partial charge in [0.05, 0.1) is 11.3 Å². The van der Waals surface area contributed by atoms with Gasteiger partial charge in [0.15, 0.2) is 0 Å². The summed E-state index contributed by atoms with van der Waals surface area (Å²) in [5.74, 6) is -0.0699. The number of nitrogens with one attached hydrogen (secondary N) is 1. The molecule has 1 aromatic carbocycles. The van der Waals surface area contributed by atoms with Crippen molar-refractivity contribution in [3.05, 3.63) is 52.8 Å². The van der Waals surface area contributed by atoms with Gasteiger partial charge in [-0.15, -0.1) is 0 Å². The van der Waals surface area contributed by atoms with Crippen LogP contribution in [0.25, 0.3) is 0 Å². The molecule has 0 aliphatic carbocycles. The summed E-state index contributed by atoms with van der Waals surface area (Å²) in [5, 5.41) is 8.06. The van der Waals surface area contributed by atoms with Crippen molar-refractivity contribution in [3.63, 3.8) is 0 Å². The second kappa shape index (κ2) is 6.70. The summed E-state index contributed by atoms with van der Waals surface area (Å²) in [6, 6.07) is 8.16. The molecule has 4 nitrogen and oxygen atoms in total. The number of aromatic nitrogens is 2. The van der Waals surface area contributed by atoms with E-state index in [0.29, 0.717) is 12.1 Å². The SMILES string of the molecule is CCc1nn(C)cc1C(=O)NCc1ccc(CBr)cc1. The van der Waals surface area contributed by atoms with E-state index in [1.54, 1.807) is 10.9 Å². The molecule has 0 aliphatic rings. The largest absolute Gasteiger partial charge is 0.348 e. The molecule has 20 heavy (non-hydrogen) atoms. The first-order valence-corrected chi connectivity index (χ1v) is 7.70. The number of halogens is 1. The Balaban J connectivity index is 2.00. The van der Waals surface area contributed by atoms with Crippen molar-refractivity contribution in [1.82, 2.24) is 15.1 Å². The van der Waals surface area contributed by atoms with Gasteiger partial charge in [0, 0.05) is 25.1 Å². The van der Waals surface area contributed by atoms with Gasteiger partial charge < -0.3 is 5.32 Å². The summed E-state index contributed by atoms with van der Waals surface area (Å²) in [6.45, 7) is 2.53. The Morgan fingerprint density at radius 3 is 2.55 bits per heavy atom. The third-order valence-electron chi connectivity index (χ3n) is 3.12. The van der Waals surface area contributed by atoms with Gasteiger partial charge in [-0.05, 0) is 17.5 Å². The summed E-state index contributed by atoms with van der Waals surface area (Å²) >= 11 is 3.41. The number of aryl methyl sites for hydroxylation is 2. The number of benzene rings is 1. The molecule has 1 heterocycles. The first-order chi connectivity index (χ1) is 9.63. The average molecular weight is 336 g/mol. The van der Waals surface area contributed by atoms with Gasteiger partial charge in [0.2, 0.25) is 0 Å². The van der Waals surface area contributed by atoms with Gasteiger partial charge in [-0.2, -0.15) is 5.10 Å². The van der Waals surface area contributed by atoms with Crippen molar-refractivity contribution in [2.75, 3.05) is 0 Å². The summed E-state index contributed by atoms with van der Waals surface area (Å²) in [5.41, 5.74) is 3.80. The van der Waals surface area contributed by atoms with Crippen molar-refractivity contribution in [2.24, 2.45) is 7.05 Å². The summed E-state index contributed by atoms with van der Waals surface area (Å²) in [7, 11) is 1.83. The lowest BCUT2D eigenvalue weighted by molar-refractivity contribution is 0.0950. The topological polar surface area (TPSA) is 46.9 Å². The second-order valence-electron chi connectivity index (χ2n) is 4.65. The third-order valence-corrected chi connectivity index (χ3v) is 3.76. The highest BCUT2D eigenvalue weighted by molar-refractivity contribution is 9.08. The highest BCUT2D eigenvalue weighted by Gasteiger charge is 2.13. The maximum atomic E-state index is 12.2. The lowest BCUT2D eigenvalue weighted by Crippen LogP contribution is -2.23. The van der Waals surface area contributed by atoms with Gasteiger partial charge in [-0.25, -0.2) is 0 Å². The minimum atomic E-state index is -0.0699. The van der Waals surface area contributed by atoms with Gasteiger partial charge in [-0.1, -0.05) is 47.1 Å². The number of nitrogens with zero attached hydrogens (tertiary/aromatic N) is 2. The molecule has 5 heteroatoms. The van der Waals surface area contributed by atoms with Crippen LogP contribution in [0.4, 0.5) is 0 Å². The van der Waals surface area contributed by atoms with Crippen molar-refractivity contribution in [2.45, 2.75) is 25.2 Å². The molecule has 1 N–H and O–H groups in total. The summed E-state index contributed by atoms with van der Waals surface area (Å²) in [6.07, 6.45) is 2.52. The van der Waals surface area contributed by atoms with Crippen LogP contribution in [0.3, 0.4) is 0 Å². The highest BCUT2D eigenvalue weighted by atomic mass is 79.9. The molecule has 0 fully saturated rings. The highest BCUT2D eigenvalue weighted by Crippen LogP contribution is 2.09. The second-order valence-corrected chi connectivity index (χ2v) is 5.21. The van der Waals surface area contributed by atoms with Gasteiger partial charge >= 0.3 is 0 Å². The number of hydrogen-bond donors (Lipinski definition) is 1. The first-order valence-electron chi connectivity index (χ1n) is 6.58. The fraction of sp³-hybridized carbons (Fsp3) is 0.333. The van der Waals surface area contributed by atoms with Gasteiger partial charge in [0.1, 0.15) is 0 Å². The maximum Gasteiger partial charge on any atom is 0.255 e. The van der Waals surface area contributed by atoms with Crippen LogP contribution < -0.4 is 5.32 Å². The molecular weight excluding hydrogens is 318 g/mol. The van der Waals surface area contributed by atoms with E-state index < -0.39 is 0 Å². The van der Waals surface area contributed by atoms with Crippen molar-refractivity contribution in [1.29, 1.82) is 0 Å². The van der Waals surface area contributed by atoms with Crippen molar-refractivity contribution >= 4 is 21.8 Å². The Kier molecular flexibility index (Phi) is 4.95. The lowest BCUT2D eigenvalue weighted by atomic mass is 10.1. The molecule has 0 saturated carbocycles. The average Bonchev–Trinajstić information content (AvgIpc) is 2.86. The van der Waals surface area contributed by atoms with Crippen LogP contribution in [-0.4, -0.2) is 15.7 Å². The zero-order valence-electron chi connectivity index (χ0n) is 11.7. The quantitative estimate of drug-likeness (QED) is 0.854. The van der Waals surface area contributed by atoms with Crippen LogP contribution >= 0.6 is 15.9 Å². The summed E-state index contributed by atoms with van der Waals surface area (Å²) in [4.78, 5) is 12.2. The summed E-state index contributed by atoms with van der Waals surface area (Å²) < 4.78 is 1.68. The van der Waals surface area contributed by atoms with E-state index in [1.807, 2.05) is 26.1 Å². The Morgan fingerprint density at radius 2 is 1.95 bits per heavy atom. The smallest absolute Gasteiger partial charge is 0.255 e.